The zero-order valence-corrected chi connectivity index (χ0v) is 22.8. The molecule has 4 aromatic carbocycles. The van der Waals surface area contributed by atoms with Crippen LogP contribution in [0.5, 0.6) is 0 Å². The number of carbonyl (C=O) groups is 2. The van der Waals surface area contributed by atoms with E-state index in [9.17, 15) is 31.0 Å². The van der Waals surface area contributed by atoms with Gasteiger partial charge in [0.25, 0.3) is 10.1 Å². The molecule has 0 aliphatic rings. The van der Waals surface area contributed by atoms with Crippen LogP contribution in [0.25, 0.3) is 0 Å². The summed E-state index contributed by atoms with van der Waals surface area (Å²) in [7, 11) is -9.92. The molecule has 0 saturated heterocycles. The molecule has 7 nitrogen and oxygen atoms in total. The summed E-state index contributed by atoms with van der Waals surface area (Å²) in [4.78, 5) is 26.6. The maximum Gasteiger partial charge on any atom is 0.274 e. The monoisotopic (exact) mass is 562 g/mol. The summed E-state index contributed by atoms with van der Waals surface area (Å²) < 4.78 is 62.0. The van der Waals surface area contributed by atoms with Crippen LogP contribution in [0.4, 0.5) is 0 Å². The molecule has 0 fully saturated rings. The van der Waals surface area contributed by atoms with E-state index in [1.54, 1.807) is 43.3 Å². The minimum Gasteiger partial charge on any atom is -0.292 e. The standard InChI is InChI=1S/C30H26O7S2/c1-21-13-19-26(20-14-21)38(33,34)30(2,28(32)24-11-7-4-8-12-24)29(39(35,36)37)25-17-15-23(16-18-25)27(31)22-9-5-3-6-10-22/h3-20,29H,1-2H3,(H,35,36,37). The molecule has 0 aliphatic carbocycles. The van der Waals surface area contributed by atoms with E-state index in [1.807, 2.05) is 0 Å². The van der Waals surface area contributed by atoms with E-state index in [0.29, 0.717) is 5.56 Å². The topological polar surface area (TPSA) is 123 Å². The second-order valence-corrected chi connectivity index (χ2v) is 13.2. The first-order valence-corrected chi connectivity index (χ1v) is 14.9. The second-order valence-electron chi connectivity index (χ2n) is 9.33. The quantitative estimate of drug-likeness (QED) is 0.218. The van der Waals surface area contributed by atoms with Gasteiger partial charge in [-0.25, -0.2) is 8.42 Å². The highest BCUT2D eigenvalue weighted by molar-refractivity contribution is 7.95. The third-order valence-electron chi connectivity index (χ3n) is 6.69. The zero-order valence-electron chi connectivity index (χ0n) is 21.2. The lowest BCUT2D eigenvalue weighted by molar-refractivity contribution is 0.0939. The molecular weight excluding hydrogens is 536 g/mol. The van der Waals surface area contributed by atoms with E-state index < -0.39 is 35.7 Å². The summed E-state index contributed by atoms with van der Waals surface area (Å²) in [5.41, 5.74) is 1.18. The van der Waals surface area contributed by atoms with Gasteiger partial charge in [-0.2, -0.15) is 8.42 Å². The number of ketones is 2. The van der Waals surface area contributed by atoms with Crippen molar-refractivity contribution in [1.29, 1.82) is 0 Å². The van der Waals surface area contributed by atoms with Crippen LogP contribution in [-0.4, -0.2) is 37.7 Å². The van der Waals surface area contributed by atoms with Crippen molar-refractivity contribution in [3.05, 3.63) is 137 Å². The van der Waals surface area contributed by atoms with E-state index >= 15 is 0 Å². The van der Waals surface area contributed by atoms with Gasteiger partial charge in [0.2, 0.25) is 0 Å². The van der Waals surface area contributed by atoms with Crippen molar-refractivity contribution in [1.82, 2.24) is 0 Å². The first-order valence-electron chi connectivity index (χ1n) is 11.9. The van der Waals surface area contributed by atoms with Gasteiger partial charge in [-0.3, -0.25) is 14.1 Å². The molecule has 200 valence electrons. The van der Waals surface area contributed by atoms with Gasteiger partial charge < -0.3 is 0 Å². The van der Waals surface area contributed by atoms with Crippen LogP contribution in [0.2, 0.25) is 0 Å². The molecule has 1 N–H and O–H groups in total. The molecule has 0 bridgehead atoms. The molecule has 0 amide bonds. The average molecular weight is 563 g/mol. The normalized spacial score (nSPS) is 14.2. The second kappa shape index (κ2) is 10.7. The number of hydrogen-bond donors (Lipinski definition) is 1. The van der Waals surface area contributed by atoms with Crippen LogP contribution < -0.4 is 0 Å². The fraction of sp³-hybridized carbons (Fsp3) is 0.133. The molecule has 0 aliphatic heterocycles. The Morgan fingerprint density at radius 3 is 1.62 bits per heavy atom. The van der Waals surface area contributed by atoms with Gasteiger partial charge in [-0.1, -0.05) is 103 Å². The van der Waals surface area contributed by atoms with Crippen molar-refractivity contribution in [2.24, 2.45) is 0 Å². The molecule has 2 atom stereocenters. The van der Waals surface area contributed by atoms with Crippen LogP contribution in [-0.2, 0) is 20.0 Å². The van der Waals surface area contributed by atoms with E-state index in [4.69, 9.17) is 0 Å². The molecule has 2 unspecified atom stereocenters. The largest absolute Gasteiger partial charge is 0.292 e. The molecule has 0 radical (unpaired) electrons. The number of Topliss-reactive ketones (excluding diaryl/α,β-unsaturated/α-hetero) is 1. The number of hydrogen-bond acceptors (Lipinski definition) is 6. The van der Waals surface area contributed by atoms with Crippen molar-refractivity contribution in [3.8, 4) is 0 Å². The minimum absolute atomic E-state index is 0.0415. The third kappa shape index (κ3) is 5.34. The number of rotatable bonds is 9. The molecule has 0 aromatic heterocycles. The highest BCUT2D eigenvalue weighted by Gasteiger charge is 2.58. The van der Waals surface area contributed by atoms with Gasteiger partial charge in [0.1, 0.15) is 5.25 Å². The smallest absolute Gasteiger partial charge is 0.274 e. The van der Waals surface area contributed by atoms with Gasteiger partial charge in [0.05, 0.1) is 4.90 Å². The number of aryl methyl sites for hydroxylation is 1. The lowest BCUT2D eigenvalue weighted by Crippen LogP contribution is -2.51. The van der Waals surface area contributed by atoms with Crippen LogP contribution in [0.1, 0.15) is 49.6 Å². The molecule has 0 spiro atoms. The van der Waals surface area contributed by atoms with Crippen LogP contribution >= 0.6 is 0 Å². The van der Waals surface area contributed by atoms with Gasteiger partial charge >= 0.3 is 0 Å². The minimum atomic E-state index is -5.20. The first-order chi connectivity index (χ1) is 18.4. The molecule has 0 saturated carbocycles. The van der Waals surface area contributed by atoms with E-state index in [0.717, 1.165) is 12.5 Å². The SMILES string of the molecule is Cc1ccc(S(=O)(=O)C(C)(C(=O)c2ccccc2)C(c2ccc(C(=O)c3ccccc3)cc2)S(=O)(=O)O)cc1. The van der Waals surface area contributed by atoms with Crippen LogP contribution in [0.15, 0.2) is 114 Å². The molecule has 4 rings (SSSR count). The summed E-state index contributed by atoms with van der Waals surface area (Å²) in [6.45, 7) is 2.77. The predicted molar refractivity (Wildman–Crippen MR) is 148 cm³/mol. The van der Waals surface area contributed by atoms with Crippen LogP contribution in [0, 0.1) is 6.92 Å². The molecular formula is C30H26O7S2. The molecule has 4 aromatic rings. The van der Waals surface area contributed by atoms with Gasteiger partial charge in [0.15, 0.2) is 26.2 Å². The maximum absolute atomic E-state index is 14.2. The highest BCUT2D eigenvalue weighted by Crippen LogP contribution is 2.44. The van der Waals surface area contributed by atoms with Crippen molar-refractivity contribution in [2.45, 2.75) is 28.7 Å². The van der Waals surface area contributed by atoms with Crippen molar-refractivity contribution < 1.29 is 31.0 Å². The number of benzene rings is 4. The summed E-state index contributed by atoms with van der Waals surface area (Å²) in [6, 6.07) is 26.7. The Labute approximate surface area is 227 Å². The Kier molecular flexibility index (Phi) is 7.70. The molecule has 9 heteroatoms. The predicted octanol–water partition coefficient (Wildman–Crippen LogP) is 5.27. The highest BCUT2D eigenvalue weighted by atomic mass is 32.2. The summed E-state index contributed by atoms with van der Waals surface area (Å²) in [5, 5.41) is -2.20. The first kappa shape index (κ1) is 28.1. The lowest BCUT2D eigenvalue weighted by atomic mass is 9.90. The molecule has 39 heavy (non-hydrogen) atoms. The molecule has 0 heterocycles. The van der Waals surface area contributed by atoms with Gasteiger partial charge in [-0.05, 0) is 31.5 Å². The van der Waals surface area contributed by atoms with Gasteiger partial charge in [0, 0.05) is 16.7 Å². The fourth-order valence-corrected chi connectivity index (χ4v) is 8.25. The Balaban J connectivity index is 1.93. The third-order valence-corrected chi connectivity index (χ3v) is 10.6. The van der Waals surface area contributed by atoms with E-state index in [2.05, 4.69) is 0 Å². The van der Waals surface area contributed by atoms with Crippen LogP contribution in [0.3, 0.4) is 0 Å². The summed E-state index contributed by atoms with van der Waals surface area (Å²) in [5.74, 6) is -1.34. The van der Waals surface area contributed by atoms with Crippen molar-refractivity contribution in [2.75, 3.05) is 0 Å². The van der Waals surface area contributed by atoms with Crippen molar-refractivity contribution in [3.63, 3.8) is 0 Å². The Hall–Kier alpha value is -3.92. The maximum atomic E-state index is 14.2. The summed E-state index contributed by atoms with van der Waals surface area (Å²) >= 11 is 0. The Bertz CT molecular complexity index is 1710. The van der Waals surface area contributed by atoms with Crippen molar-refractivity contribution >= 4 is 31.5 Å². The Morgan fingerprint density at radius 1 is 0.667 bits per heavy atom. The lowest BCUT2D eigenvalue weighted by Gasteiger charge is -2.34. The van der Waals surface area contributed by atoms with E-state index in [1.165, 1.54) is 72.8 Å². The number of carbonyl (C=O) groups excluding carboxylic acids is 2. The van der Waals surface area contributed by atoms with Gasteiger partial charge in [-0.15, -0.1) is 0 Å². The summed E-state index contributed by atoms with van der Waals surface area (Å²) in [6.07, 6.45) is 0. The number of sulfone groups is 1. The fourth-order valence-electron chi connectivity index (χ4n) is 4.56. The average Bonchev–Trinajstić information content (AvgIpc) is 2.93. The zero-order chi connectivity index (χ0) is 28.4. The van der Waals surface area contributed by atoms with E-state index in [-0.39, 0.29) is 27.4 Å². The Morgan fingerprint density at radius 2 is 1.13 bits per heavy atom.